The minimum atomic E-state index is -0.417. The number of amides is 1. The summed E-state index contributed by atoms with van der Waals surface area (Å²) in [5.74, 6) is 0.414. The predicted molar refractivity (Wildman–Crippen MR) is 170 cm³/mol. The quantitative estimate of drug-likeness (QED) is 0.130. The Bertz CT molecular complexity index is 1670. The number of thiocarbonyl (C=S) groups is 1. The first-order valence-corrected chi connectivity index (χ1v) is 14.5. The Morgan fingerprint density at radius 1 is 1.14 bits per heavy atom. The number of aryl methyl sites for hydroxylation is 2. The molecule has 2 N–H and O–H groups in total. The van der Waals surface area contributed by atoms with Gasteiger partial charge >= 0.3 is 0 Å². The highest BCUT2D eigenvalue weighted by molar-refractivity contribution is 7.80. The zero-order valence-corrected chi connectivity index (χ0v) is 25.4. The van der Waals surface area contributed by atoms with Gasteiger partial charge in [0.1, 0.15) is 5.75 Å². The fraction of sp³-hybridized carbons (Fsp3) is 0.281. The summed E-state index contributed by atoms with van der Waals surface area (Å²) >= 11 is 5.83. The Hall–Kier alpha value is -4.77. The Morgan fingerprint density at radius 2 is 1.91 bits per heavy atom. The SMILES string of the molecule is CCc1ccccc1NC(=O)CCN1C(=S)N[C@@H](c2ccccn2)[C@H]1c1cc(C)n(-c2cc([N+](=O)[O-])ccc2OC)c1C. The fourth-order valence-electron chi connectivity index (χ4n) is 5.79. The summed E-state index contributed by atoms with van der Waals surface area (Å²) in [6, 6.07) is 19.6. The lowest BCUT2D eigenvalue weighted by Gasteiger charge is -2.28. The second kappa shape index (κ2) is 12.6. The smallest absolute Gasteiger partial charge is 0.271 e. The average molecular weight is 599 g/mol. The van der Waals surface area contributed by atoms with Crippen molar-refractivity contribution in [1.82, 2.24) is 19.8 Å². The standard InChI is InChI=1S/C32H34N6O4S/c1-5-22-10-6-7-11-25(22)34-29(39)15-17-36-31(30(35-32(36)43)26-12-8-9-16-33-26)24-18-20(2)37(21(24)3)27-19-23(38(40)41)13-14-28(27)42-4/h6-14,16,18-19,30-31H,5,15,17H2,1-4H3,(H,34,39)(H,35,43)/t30-,31+/m0/s1. The molecule has 0 spiro atoms. The monoisotopic (exact) mass is 598 g/mol. The van der Waals surface area contributed by atoms with Crippen molar-refractivity contribution in [1.29, 1.82) is 0 Å². The van der Waals surface area contributed by atoms with Crippen LogP contribution in [0.15, 0.2) is 72.9 Å². The summed E-state index contributed by atoms with van der Waals surface area (Å²) in [7, 11) is 1.54. The molecular weight excluding hydrogens is 564 g/mol. The molecule has 1 saturated heterocycles. The normalized spacial score (nSPS) is 16.2. The highest BCUT2D eigenvalue weighted by atomic mass is 32.1. The van der Waals surface area contributed by atoms with Crippen LogP contribution in [0.1, 0.15) is 53.6 Å². The molecule has 0 radical (unpaired) electrons. The van der Waals surface area contributed by atoms with Crippen LogP contribution in [0, 0.1) is 24.0 Å². The molecule has 0 bridgehead atoms. The van der Waals surface area contributed by atoms with E-state index in [1.807, 2.05) is 65.8 Å². The first-order valence-electron chi connectivity index (χ1n) is 14.1. The lowest BCUT2D eigenvalue weighted by molar-refractivity contribution is -0.384. The molecule has 3 heterocycles. The van der Waals surface area contributed by atoms with Crippen molar-refractivity contribution in [2.45, 2.75) is 45.7 Å². The van der Waals surface area contributed by atoms with Crippen LogP contribution < -0.4 is 15.4 Å². The van der Waals surface area contributed by atoms with Gasteiger partial charge in [0.2, 0.25) is 5.91 Å². The van der Waals surface area contributed by atoms with E-state index in [1.54, 1.807) is 19.4 Å². The number of carbonyl (C=O) groups excluding carboxylic acids is 1. The zero-order valence-electron chi connectivity index (χ0n) is 24.5. The van der Waals surface area contributed by atoms with Gasteiger partial charge < -0.3 is 24.8 Å². The van der Waals surface area contributed by atoms with Crippen LogP contribution in [0.3, 0.4) is 0 Å². The van der Waals surface area contributed by atoms with Gasteiger partial charge in [-0.1, -0.05) is 31.2 Å². The molecule has 11 heteroatoms. The van der Waals surface area contributed by atoms with E-state index in [4.69, 9.17) is 17.0 Å². The maximum atomic E-state index is 13.1. The maximum Gasteiger partial charge on any atom is 0.271 e. The Morgan fingerprint density at radius 3 is 2.60 bits per heavy atom. The summed E-state index contributed by atoms with van der Waals surface area (Å²) in [5.41, 5.74) is 5.96. The van der Waals surface area contributed by atoms with Crippen molar-refractivity contribution < 1.29 is 14.5 Å². The number of nitro groups is 1. The number of para-hydroxylation sites is 1. The van der Waals surface area contributed by atoms with E-state index >= 15 is 0 Å². The minimum Gasteiger partial charge on any atom is -0.495 e. The van der Waals surface area contributed by atoms with Crippen molar-refractivity contribution >= 4 is 34.6 Å². The van der Waals surface area contributed by atoms with Gasteiger partial charge in [0, 0.05) is 48.4 Å². The number of hydrogen-bond donors (Lipinski definition) is 2. The lowest BCUT2D eigenvalue weighted by atomic mass is 9.96. The number of hydrogen-bond acceptors (Lipinski definition) is 6. The van der Waals surface area contributed by atoms with E-state index in [9.17, 15) is 14.9 Å². The lowest BCUT2D eigenvalue weighted by Crippen LogP contribution is -2.33. The summed E-state index contributed by atoms with van der Waals surface area (Å²) in [6.45, 7) is 6.36. The molecule has 4 aromatic rings. The number of nitrogens with one attached hydrogen (secondary N) is 2. The molecular formula is C32H34N6O4S. The number of nitro benzene ring substituents is 1. The van der Waals surface area contributed by atoms with E-state index in [0.29, 0.717) is 23.1 Å². The van der Waals surface area contributed by atoms with Crippen LogP contribution >= 0.6 is 12.2 Å². The predicted octanol–water partition coefficient (Wildman–Crippen LogP) is 5.97. The number of nitrogens with zero attached hydrogens (tertiary/aromatic N) is 4. The first-order chi connectivity index (χ1) is 20.7. The van der Waals surface area contributed by atoms with E-state index < -0.39 is 4.92 Å². The second-order valence-corrected chi connectivity index (χ2v) is 10.8. The minimum absolute atomic E-state index is 0.0304. The van der Waals surface area contributed by atoms with E-state index in [-0.39, 0.29) is 30.1 Å². The molecule has 1 amide bonds. The van der Waals surface area contributed by atoms with Crippen LogP contribution in [0.2, 0.25) is 0 Å². The van der Waals surface area contributed by atoms with Crippen LogP contribution in [0.25, 0.3) is 5.69 Å². The molecule has 2 aromatic carbocycles. The van der Waals surface area contributed by atoms with Crippen LogP contribution in [0.5, 0.6) is 5.75 Å². The molecule has 222 valence electrons. The molecule has 0 saturated carbocycles. The van der Waals surface area contributed by atoms with Crippen molar-refractivity contribution in [3.63, 3.8) is 0 Å². The number of carbonyl (C=O) groups is 1. The third-order valence-electron chi connectivity index (χ3n) is 7.85. The number of benzene rings is 2. The average Bonchev–Trinajstić information content (AvgIpc) is 3.50. The second-order valence-electron chi connectivity index (χ2n) is 10.4. The topological polar surface area (TPSA) is 115 Å². The third-order valence-corrected chi connectivity index (χ3v) is 8.21. The van der Waals surface area contributed by atoms with Crippen molar-refractivity contribution in [3.8, 4) is 11.4 Å². The number of ether oxygens (including phenoxy) is 1. The number of rotatable bonds is 10. The molecule has 43 heavy (non-hydrogen) atoms. The third kappa shape index (κ3) is 5.94. The fourth-order valence-corrected chi connectivity index (χ4v) is 6.13. The van der Waals surface area contributed by atoms with Crippen molar-refractivity contribution in [2.24, 2.45) is 0 Å². The van der Waals surface area contributed by atoms with Gasteiger partial charge in [-0.05, 0) is 73.9 Å². The Balaban J connectivity index is 1.52. The summed E-state index contributed by atoms with van der Waals surface area (Å²) in [4.78, 5) is 31.0. The molecule has 0 unspecified atom stereocenters. The van der Waals surface area contributed by atoms with Gasteiger partial charge in [-0.3, -0.25) is 19.9 Å². The number of aromatic nitrogens is 2. The van der Waals surface area contributed by atoms with Crippen LogP contribution in [-0.2, 0) is 11.2 Å². The van der Waals surface area contributed by atoms with Gasteiger partial charge in [-0.15, -0.1) is 0 Å². The van der Waals surface area contributed by atoms with E-state index in [0.717, 1.165) is 40.3 Å². The van der Waals surface area contributed by atoms with Gasteiger partial charge in [-0.2, -0.15) is 0 Å². The number of non-ortho nitro benzene ring substituents is 1. The molecule has 0 aliphatic carbocycles. The van der Waals surface area contributed by atoms with Gasteiger partial charge in [0.15, 0.2) is 5.11 Å². The van der Waals surface area contributed by atoms with Crippen molar-refractivity contribution in [2.75, 3.05) is 19.0 Å². The summed E-state index contributed by atoms with van der Waals surface area (Å²) in [5, 5.41) is 18.6. The molecule has 10 nitrogen and oxygen atoms in total. The number of methoxy groups -OCH3 is 1. The molecule has 1 fully saturated rings. The summed E-state index contributed by atoms with van der Waals surface area (Å²) < 4.78 is 7.56. The van der Waals surface area contributed by atoms with Crippen LogP contribution in [0.4, 0.5) is 11.4 Å². The van der Waals surface area contributed by atoms with E-state index in [2.05, 4.69) is 28.6 Å². The molecule has 5 rings (SSSR count). The molecule has 2 atom stereocenters. The van der Waals surface area contributed by atoms with Gasteiger partial charge in [0.05, 0.1) is 35.5 Å². The van der Waals surface area contributed by atoms with Gasteiger partial charge in [-0.25, -0.2) is 0 Å². The largest absolute Gasteiger partial charge is 0.495 e. The maximum absolute atomic E-state index is 13.1. The first kappa shape index (κ1) is 29.7. The molecule has 1 aliphatic rings. The highest BCUT2D eigenvalue weighted by Crippen LogP contribution is 2.42. The number of pyridine rings is 1. The highest BCUT2D eigenvalue weighted by Gasteiger charge is 2.41. The van der Waals surface area contributed by atoms with Crippen LogP contribution in [-0.4, -0.2) is 44.0 Å². The molecule has 2 aromatic heterocycles. The summed E-state index contributed by atoms with van der Waals surface area (Å²) in [6.07, 6.45) is 2.79. The zero-order chi connectivity index (χ0) is 30.7. The Labute approximate surface area is 255 Å². The number of anilines is 1. The molecule has 1 aliphatic heterocycles. The van der Waals surface area contributed by atoms with Crippen molar-refractivity contribution in [3.05, 3.63) is 111 Å². The van der Waals surface area contributed by atoms with Gasteiger partial charge in [0.25, 0.3) is 5.69 Å². The Kier molecular flexibility index (Phi) is 8.72. The van der Waals surface area contributed by atoms with E-state index in [1.165, 1.54) is 12.1 Å².